The van der Waals surface area contributed by atoms with E-state index in [9.17, 15) is 8.42 Å². The summed E-state index contributed by atoms with van der Waals surface area (Å²) in [7, 11) is -3.71. The molecule has 1 aromatic heterocycles. The molecule has 0 aliphatic carbocycles. The monoisotopic (exact) mass is 250 g/mol. The zero-order chi connectivity index (χ0) is 12.7. The average molecular weight is 250 g/mol. The summed E-state index contributed by atoms with van der Waals surface area (Å²) in [5.74, 6) is 0. The molecule has 17 heavy (non-hydrogen) atoms. The van der Waals surface area contributed by atoms with Crippen molar-refractivity contribution < 1.29 is 12.8 Å². The molecule has 0 saturated carbocycles. The largest absolute Gasteiger partial charge is 0.443 e. The first kappa shape index (κ1) is 11.6. The van der Waals surface area contributed by atoms with Crippen LogP contribution >= 0.6 is 0 Å². The number of rotatable bonds is 2. The fourth-order valence-electron chi connectivity index (χ4n) is 1.36. The second kappa shape index (κ2) is 3.57. The van der Waals surface area contributed by atoms with Gasteiger partial charge in [-0.25, -0.2) is 13.4 Å². The summed E-state index contributed by atoms with van der Waals surface area (Å²) in [6.45, 7) is 2.74. The molecule has 5 nitrogen and oxygen atoms in total. The van der Waals surface area contributed by atoms with E-state index in [4.69, 9.17) is 9.68 Å². The molecule has 0 unspecified atom stereocenters. The van der Waals surface area contributed by atoms with Gasteiger partial charge in [0, 0.05) is 6.07 Å². The number of aromatic nitrogens is 1. The van der Waals surface area contributed by atoms with Crippen LogP contribution in [0.3, 0.4) is 0 Å². The summed E-state index contributed by atoms with van der Waals surface area (Å²) in [5.41, 5.74) is 0.971. The first-order chi connectivity index (χ1) is 7.88. The van der Waals surface area contributed by atoms with Gasteiger partial charge in [-0.2, -0.15) is 5.26 Å². The molecule has 2 rings (SSSR count). The molecule has 0 radical (unpaired) electrons. The van der Waals surface area contributed by atoms with Crippen molar-refractivity contribution in [2.75, 3.05) is 0 Å². The maximum Gasteiger partial charge on any atom is 0.196 e. The molecule has 0 spiro atoms. The molecule has 0 bridgehead atoms. The molecule has 6 heteroatoms. The lowest BCUT2D eigenvalue weighted by Crippen LogP contribution is -2.29. The van der Waals surface area contributed by atoms with E-state index in [1.807, 2.05) is 0 Å². The molecule has 1 heterocycles. The number of sulfone groups is 1. The molecule has 0 aliphatic heterocycles. The first-order valence-electron chi connectivity index (χ1n) is 4.87. The molecule has 2 aromatic rings. The zero-order valence-electron chi connectivity index (χ0n) is 9.34. The van der Waals surface area contributed by atoms with Crippen molar-refractivity contribution >= 4 is 20.9 Å². The Morgan fingerprint density at radius 1 is 1.41 bits per heavy atom. The van der Waals surface area contributed by atoms with Crippen LogP contribution in [0.5, 0.6) is 0 Å². The van der Waals surface area contributed by atoms with Crippen LogP contribution in [-0.4, -0.2) is 18.1 Å². The number of oxazole rings is 1. The Morgan fingerprint density at radius 2 is 2.12 bits per heavy atom. The van der Waals surface area contributed by atoms with E-state index in [0.717, 1.165) is 0 Å². The Morgan fingerprint density at radius 3 is 2.76 bits per heavy atom. The number of benzene rings is 1. The van der Waals surface area contributed by atoms with Gasteiger partial charge in [-0.05, 0) is 26.0 Å². The lowest BCUT2D eigenvalue weighted by atomic mass is 10.2. The van der Waals surface area contributed by atoms with Gasteiger partial charge in [-0.15, -0.1) is 0 Å². The molecule has 1 aromatic carbocycles. The molecule has 0 N–H and O–H groups in total. The minimum Gasteiger partial charge on any atom is -0.443 e. The minimum absolute atomic E-state index is 0.0632. The van der Waals surface area contributed by atoms with E-state index in [2.05, 4.69) is 4.98 Å². The lowest BCUT2D eigenvalue weighted by molar-refractivity contribution is 0.572. The fraction of sp³-hybridized carbons (Fsp3) is 0.273. The van der Waals surface area contributed by atoms with Crippen LogP contribution in [0.4, 0.5) is 0 Å². The van der Waals surface area contributed by atoms with Crippen molar-refractivity contribution in [3.05, 3.63) is 24.6 Å². The van der Waals surface area contributed by atoms with Crippen LogP contribution in [0.15, 0.2) is 33.9 Å². The molecule has 0 atom stereocenters. The summed E-state index contributed by atoms with van der Waals surface area (Å²) < 4.78 is 27.9. The third-order valence-electron chi connectivity index (χ3n) is 2.55. The maximum atomic E-state index is 12.2. The predicted octanol–water partition coefficient (Wildman–Crippen LogP) is 1.90. The van der Waals surface area contributed by atoms with Gasteiger partial charge in [0.05, 0.1) is 11.0 Å². The highest BCUT2D eigenvalue weighted by atomic mass is 32.2. The van der Waals surface area contributed by atoms with E-state index >= 15 is 0 Å². The highest BCUT2D eigenvalue weighted by molar-refractivity contribution is 7.93. The standard InChI is InChI=1S/C11H10N2O3S/c1-11(2,6-12)17(14,15)8-3-4-9-10(5-8)16-7-13-9/h3-5,7H,1-2H3. The molecule has 0 fully saturated rings. The summed E-state index contributed by atoms with van der Waals surface area (Å²) in [5, 5.41) is 8.90. The third-order valence-corrected chi connectivity index (χ3v) is 4.86. The smallest absolute Gasteiger partial charge is 0.196 e. The van der Waals surface area contributed by atoms with Crippen molar-refractivity contribution in [2.24, 2.45) is 0 Å². The van der Waals surface area contributed by atoms with E-state index in [-0.39, 0.29) is 4.90 Å². The second-order valence-electron chi connectivity index (χ2n) is 4.11. The highest BCUT2D eigenvalue weighted by Gasteiger charge is 2.36. The van der Waals surface area contributed by atoms with Crippen molar-refractivity contribution in [2.45, 2.75) is 23.5 Å². The molecule has 88 valence electrons. The maximum absolute atomic E-state index is 12.2. The Hall–Kier alpha value is -1.87. The Balaban J connectivity index is 2.65. The van der Waals surface area contributed by atoms with Crippen molar-refractivity contribution in [1.82, 2.24) is 4.98 Å². The second-order valence-corrected chi connectivity index (χ2v) is 6.61. The van der Waals surface area contributed by atoms with E-state index < -0.39 is 14.6 Å². The van der Waals surface area contributed by atoms with Crippen LogP contribution in [-0.2, 0) is 9.84 Å². The molecule has 0 saturated heterocycles. The van der Waals surface area contributed by atoms with E-state index in [0.29, 0.717) is 11.1 Å². The van der Waals surface area contributed by atoms with Crippen LogP contribution < -0.4 is 0 Å². The van der Waals surface area contributed by atoms with Gasteiger partial charge in [0.1, 0.15) is 5.52 Å². The number of hydrogen-bond donors (Lipinski definition) is 0. The van der Waals surface area contributed by atoms with Gasteiger partial charge in [0.15, 0.2) is 26.6 Å². The summed E-state index contributed by atoms with van der Waals surface area (Å²) >= 11 is 0. The summed E-state index contributed by atoms with van der Waals surface area (Å²) in [6, 6.07) is 6.16. The van der Waals surface area contributed by atoms with Gasteiger partial charge in [-0.3, -0.25) is 0 Å². The number of nitrogens with zero attached hydrogens (tertiary/aromatic N) is 2. The van der Waals surface area contributed by atoms with Crippen molar-refractivity contribution in [3.8, 4) is 6.07 Å². The van der Waals surface area contributed by atoms with E-state index in [1.165, 1.54) is 32.4 Å². The Labute approximate surface area is 98.6 Å². The van der Waals surface area contributed by atoms with E-state index in [1.54, 1.807) is 12.1 Å². The minimum atomic E-state index is -3.71. The Kier molecular flexibility index (Phi) is 2.44. The van der Waals surface area contributed by atoms with Gasteiger partial charge >= 0.3 is 0 Å². The predicted molar refractivity (Wildman–Crippen MR) is 60.9 cm³/mol. The third kappa shape index (κ3) is 1.68. The normalized spacial score (nSPS) is 12.5. The lowest BCUT2D eigenvalue weighted by Gasteiger charge is -2.15. The van der Waals surface area contributed by atoms with Crippen LogP contribution in [0.25, 0.3) is 11.1 Å². The molecular weight excluding hydrogens is 240 g/mol. The average Bonchev–Trinajstić information content (AvgIpc) is 2.75. The van der Waals surface area contributed by atoms with Crippen molar-refractivity contribution in [3.63, 3.8) is 0 Å². The fourth-order valence-corrected chi connectivity index (χ4v) is 2.58. The number of hydrogen-bond acceptors (Lipinski definition) is 5. The number of nitriles is 1. The van der Waals surface area contributed by atoms with Crippen molar-refractivity contribution in [1.29, 1.82) is 5.26 Å². The summed E-state index contributed by atoms with van der Waals surface area (Å²) in [4.78, 5) is 3.96. The molecule has 0 aliphatic rings. The van der Waals surface area contributed by atoms with Crippen LogP contribution in [0, 0.1) is 11.3 Å². The van der Waals surface area contributed by atoms with Gasteiger partial charge in [-0.1, -0.05) is 0 Å². The van der Waals surface area contributed by atoms with Gasteiger partial charge in [0.25, 0.3) is 0 Å². The highest BCUT2D eigenvalue weighted by Crippen LogP contribution is 2.27. The van der Waals surface area contributed by atoms with Gasteiger partial charge in [0.2, 0.25) is 0 Å². The zero-order valence-corrected chi connectivity index (χ0v) is 10.2. The van der Waals surface area contributed by atoms with Gasteiger partial charge < -0.3 is 4.42 Å². The Bertz CT molecular complexity index is 708. The first-order valence-corrected chi connectivity index (χ1v) is 6.36. The summed E-state index contributed by atoms with van der Waals surface area (Å²) in [6.07, 6.45) is 1.25. The number of fused-ring (bicyclic) bond motifs is 1. The molecular formula is C11H10N2O3S. The topological polar surface area (TPSA) is 84.0 Å². The van der Waals surface area contributed by atoms with Crippen LogP contribution in [0.2, 0.25) is 0 Å². The quantitative estimate of drug-likeness (QED) is 0.812. The SMILES string of the molecule is CC(C)(C#N)S(=O)(=O)c1ccc2ncoc2c1. The molecule has 0 amide bonds. The van der Waals surface area contributed by atoms with Crippen LogP contribution in [0.1, 0.15) is 13.8 Å².